The van der Waals surface area contributed by atoms with Crippen molar-refractivity contribution in [1.29, 1.82) is 0 Å². The third-order valence-electron chi connectivity index (χ3n) is 3.01. The number of thiazole rings is 1. The van der Waals surface area contributed by atoms with E-state index in [-0.39, 0.29) is 0 Å². The van der Waals surface area contributed by atoms with Gasteiger partial charge in [-0.25, -0.2) is 4.98 Å². The number of H-pyrrole nitrogens is 1. The molecule has 0 fully saturated rings. The Kier molecular flexibility index (Phi) is 3.52. The maximum Gasteiger partial charge on any atom is 0.0901 e. The molecule has 0 amide bonds. The molecule has 5 heteroatoms. The Labute approximate surface area is 121 Å². The third-order valence-corrected chi connectivity index (χ3v) is 3.78. The highest BCUT2D eigenvalue weighted by molar-refractivity contribution is 7.09. The van der Waals surface area contributed by atoms with Crippen LogP contribution >= 0.6 is 11.3 Å². The number of anilines is 1. The van der Waals surface area contributed by atoms with Gasteiger partial charge >= 0.3 is 0 Å². The van der Waals surface area contributed by atoms with Crippen LogP contribution in [0.5, 0.6) is 0 Å². The van der Waals surface area contributed by atoms with Gasteiger partial charge in [0.15, 0.2) is 0 Å². The number of rotatable bonds is 4. The monoisotopic (exact) mass is 284 g/mol. The molecule has 1 aromatic carbocycles. The van der Waals surface area contributed by atoms with Crippen LogP contribution in [-0.2, 0) is 6.54 Å². The second kappa shape index (κ2) is 5.46. The largest absolute Gasteiger partial charge is 0.379 e. The number of aromatic nitrogens is 3. The minimum Gasteiger partial charge on any atom is -0.379 e. The van der Waals surface area contributed by atoms with Gasteiger partial charge in [0.1, 0.15) is 0 Å². The highest BCUT2D eigenvalue weighted by Gasteiger charge is 2.03. The Morgan fingerprint density at radius 3 is 2.85 bits per heavy atom. The molecule has 3 rings (SSSR count). The molecule has 0 aliphatic carbocycles. The lowest BCUT2D eigenvalue weighted by atomic mass is 10.1. The van der Waals surface area contributed by atoms with E-state index < -0.39 is 0 Å². The number of hydrogen-bond acceptors (Lipinski definition) is 4. The smallest absolute Gasteiger partial charge is 0.0901 e. The van der Waals surface area contributed by atoms with Gasteiger partial charge in [-0.2, -0.15) is 5.10 Å². The van der Waals surface area contributed by atoms with Gasteiger partial charge in [0.2, 0.25) is 0 Å². The highest BCUT2D eigenvalue weighted by Crippen LogP contribution is 2.24. The zero-order valence-corrected chi connectivity index (χ0v) is 12.3. The number of hydrogen-bond donors (Lipinski definition) is 2. The molecule has 0 aliphatic heterocycles. The van der Waals surface area contributed by atoms with E-state index in [1.165, 1.54) is 0 Å². The molecule has 20 heavy (non-hydrogen) atoms. The summed E-state index contributed by atoms with van der Waals surface area (Å²) in [5.74, 6) is 0. The summed E-state index contributed by atoms with van der Waals surface area (Å²) in [5.41, 5.74) is 5.34. The van der Waals surface area contributed by atoms with Crippen molar-refractivity contribution in [3.05, 3.63) is 52.1 Å². The minimum absolute atomic E-state index is 0.712. The van der Waals surface area contributed by atoms with Crippen molar-refractivity contribution in [1.82, 2.24) is 15.2 Å². The third kappa shape index (κ3) is 2.88. The SMILES string of the molecule is Cc1cc(CNc2cccc(-c3csc(C)n3)c2)n[nH]1. The van der Waals surface area contributed by atoms with Crippen LogP contribution in [0, 0.1) is 13.8 Å². The second-order valence-electron chi connectivity index (χ2n) is 4.73. The van der Waals surface area contributed by atoms with Crippen LogP contribution in [0.2, 0.25) is 0 Å². The van der Waals surface area contributed by atoms with Crippen molar-refractivity contribution < 1.29 is 0 Å². The number of aromatic amines is 1. The molecule has 4 nitrogen and oxygen atoms in total. The van der Waals surface area contributed by atoms with Gasteiger partial charge in [0.25, 0.3) is 0 Å². The van der Waals surface area contributed by atoms with E-state index in [4.69, 9.17) is 0 Å². The second-order valence-corrected chi connectivity index (χ2v) is 5.79. The molecular weight excluding hydrogens is 268 g/mol. The van der Waals surface area contributed by atoms with Crippen molar-refractivity contribution in [2.45, 2.75) is 20.4 Å². The molecule has 0 saturated heterocycles. The first-order valence-electron chi connectivity index (χ1n) is 6.48. The van der Waals surface area contributed by atoms with Crippen LogP contribution in [0.15, 0.2) is 35.7 Å². The molecule has 0 radical (unpaired) electrons. The average molecular weight is 284 g/mol. The van der Waals surface area contributed by atoms with Crippen LogP contribution in [-0.4, -0.2) is 15.2 Å². The molecule has 0 aliphatic rings. The molecule has 2 aromatic heterocycles. The summed E-state index contributed by atoms with van der Waals surface area (Å²) in [6.07, 6.45) is 0. The normalized spacial score (nSPS) is 10.7. The van der Waals surface area contributed by atoms with Crippen LogP contribution in [0.25, 0.3) is 11.3 Å². The molecule has 102 valence electrons. The predicted octanol–water partition coefficient (Wildman–Crippen LogP) is 3.76. The molecule has 0 unspecified atom stereocenters. The summed E-state index contributed by atoms with van der Waals surface area (Å²) in [7, 11) is 0. The predicted molar refractivity (Wildman–Crippen MR) is 82.9 cm³/mol. The first kappa shape index (κ1) is 12.9. The average Bonchev–Trinajstić information content (AvgIpc) is 3.06. The van der Waals surface area contributed by atoms with E-state index in [1.807, 2.05) is 26.0 Å². The lowest BCUT2D eigenvalue weighted by molar-refractivity contribution is 0.968. The molecule has 0 saturated carbocycles. The fourth-order valence-electron chi connectivity index (χ4n) is 2.04. The molecule has 2 N–H and O–H groups in total. The van der Waals surface area contributed by atoms with Gasteiger partial charge in [-0.1, -0.05) is 12.1 Å². The van der Waals surface area contributed by atoms with Crippen molar-refractivity contribution in [3.8, 4) is 11.3 Å². The minimum atomic E-state index is 0.712. The van der Waals surface area contributed by atoms with E-state index in [9.17, 15) is 0 Å². The standard InChI is InChI=1S/C15H16N4S/c1-10-6-14(19-18-10)8-16-13-5-3-4-12(7-13)15-9-20-11(2)17-15/h3-7,9,16H,8H2,1-2H3,(H,18,19). The molecule has 0 atom stereocenters. The van der Waals surface area contributed by atoms with Gasteiger partial charge in [-0.05, 0) is 32.0 Å². The zero-order chi connectivity index (χ0) is 13.9. The molecular formula is C15H16N4S. The fraction of sp³-hybridized carbons (Fsp3) is 0.200. The Bertz CT molecular complexity index is 714. The maximum atomic E-state index is 4.52. The first-order chi connectivity index (χ1) is 9.70. The van der Waals surface area contributed by atoms with E-state index in [2.05, 4.69) is 44.1 Å². The fourth-order valence-corrected chi connectivity index (χ4v) is 2.66. The molecule has 2 heterocycles. The van der Waals surface area contributed by atoms with Crippen molar-refractivity contribution in [2.24, 2.45) is 0 Å². The summed E-state index contributed by atoms with van der Waals surface area (Å²) < 4.78 is 0. The van der Waals surface area contributed by atoms with E-state index in [1.54, 1.807) is 11.3 Å². The van der Waals surface area contributed by atoms with E-state index in [0.717, 1.165) is 33.3 Å². The quantitative estimate of drug-likeness (QED) is 0.767. The van der Waals surface area contributed by atoms with Gasteiger partial charge in [0.05, 0.1) is 22.9 Å². The maximum absolute atomic E-state index is 4.52. The Balaban J connectivity index is 1.74. The first-order valence-corrected chi connectivity index (χ1v) is 7.36. The molecule has 0 bridgehead atoms. The number of aryl methyl sites for hydroxylation is 2. The summed E-state index contributed by atoms with van der Waals surface area (Å²) in [5, 5.41) is 13.7. The number of benzene rings is 1. The van der Waals surface area contributed by atoms with Crippen LogP contribution in [0.4, 0.5) is 5.69 Å². The van der Waals surface area contributed by atoms with Crippen LogP contribution in [0.1, 0.15) is 16.4 Å². The van der Waals surface area contributed by atoms with Gasteiger partial charge in [-0.3, -0.25) is 5.10 Å². The topological polar surface area (TPSA) is 53.6 Å². The van der Waals surface area contributed by atoms with Gasteiger partial charge in [-0.15, -0.1) is 11.3 Å². The summed E-state index contributed by atoms with van der Waals surface area (Å²) >= 11 is 1.67. The van der Waals surface area contributed by atoms with Gasteiger partial charge < -0.3 is 5.32 Å². The highest BCUT2D eigenvalue weighted by atomic mass is 32.1. The van der Waals surface area contributed by atoms with Crippen LogP contribution in [0.3, 0.4) is 0 Å². The van der Waals surface area contributed by atoms with Crippen molar-refractivity contribution in [3.63, 3.8) is 0 Å². The van der Waals surface area contributed by atoms with Crippen LogP contribution < -0.4 is 5.32 Å². The number of nitrogens with zero attached hydrogens (tertiary/aromatic N) is 2. The zero-order valence-electron chi connectivity index (χ0n) is 11.5. The van der Waals surface area contributed by atoms with E-state index >= 15 is 0 Å². The summed E-state index contributed by atoms with van der Waals surface area (Å²) in [4.78, 5) is 4.52. The number of nitrogens with one attached hydrogen (secondary N) is 2. The Morgan fingerprint density at radius 1 is 1.25 bits per heavy atom. The van der Waals surface area contributed by atoms with Crippen molar-refractivity contribution in [2.75, 3.05) is 5.32 Å². The Hall–Kier alpha value is -2.14. The molecule has 3 aromatic rings. The van der Waals surface area contributed by atoms with E-state index in [0.29, 0.717) is 6.54 Å². The lowest BCUT2D eigenvalue weighted by Gasteiger charge is -2.06. The summed E-state index contributed by atoms with van der Waals surface area (Å²) in [6.45, 7) is 4.74. The summed E-state index contributed by atoms with van der Waals surface area (Å²) in [6, 6.07) is 10.3. The van der Waals surface area contributed by atoms with Gasteiger partial charge in [0, 0.05) is 22.3 Å². The lowest BCUT2D eigenvalue weighted by Crippen LogP contribution is -1.99. The van der Waals surface area contributed by atoms with Crippen molar-refractivity contribution >= 4 is 17.0 Å². The Morgan fingerprint density at radius 2 is 2.15 bits per heavy atom. The molecule has 0 spiro atoms.